The zero-order valence-corrected chi connectivity index (χ0v) is 9.94. The van der Waals surface area contributed by atoms with Gasteiger partial charge >= 0.3 is 0 Å². The van der Waals surface area contributed by atoms with E-state index < -0.39 is 5.92 Å². The van der Waals surface area contributed by atoms with Gasteiger partial charge in [-0.1, -0.05) is 12.1 Å². The van der Waals surface area contributed by atoms with Crippen molar-refractivity contribution in [2.45, 2.75) is 31.7 Å². The number of fused-ring (bicyclic) bond motifs is 1. The summed E-state index contributed by atoms with van der Waals surface area (Å²) in [7, 11) is 0. The Morgan fingerprint density at radius 2 is 2.17 bits per heavy atom. The van der Waals surface area contributed by atoms with E-state index in [2.05, 4.69) is 5.10 Å². The van der Waals surface area contributed by atoms with Gasteiger partial charge in [0.05, 0.1) is 5.52 Å². The summed E-state index contributed by atoms with van der Waals surface area (Å²) in [5.74, 6) is -2.04. The number of hydrogen-bond donors (Lipinski definition) is 1. The first-order chi connectivity index (χ1) is 8.55. The Balaban J connectivity index is 1.87. The largest absolute Gasteiger partial charge is 0.382 e. The smallest absolute Gasteiger partial charge is 0.248 e. The molecule has 1 unspecified atom stereocenters. The molecule has 1 atom stereocenters. The van der Waals surface area contributed by atoms with Crippen LogP contribution >= 0.6 is 0 Å². The van der Waals surface area contributed by atoms with E-state index in [0.717, 1.165) is 10.9 Å². The van der Waals surface area contributed by atoms with Crippen molar-refractivity contribution in [2.75, 3.05) is 5.73 Å². The molecule has 1 saturated carbocycles. The molecule has 0 amide bonds. The van der Waals surface area contributed by atoms with E-state index in [1.54, 1.807) is 4.68 Å². The van der Waals surface area contributed by atoms with Gasteiger partial charge < -0.3 is 5.73 Å². The monoisotopic (exact) mass is 251 g/mol. The normalized spacial score (nSPS) is 22.7. The lowest BCUT2D eigenvalue weighted by Crippen LogP contribution is -2.13. The van der Waals surface area contributed by atoms with Crippen molar-refractivity contribution in [1.82, 2.24) is 9.78 Å². The summed E-state index contributed by atoms with van der Waals surface area (Å²) in [5, 5.41) is 5.14. The number of benzene rings is 1. The highest BCUT2D eigenvalue weighted by atomic mass is 19.3. The Kier molecular flexibility index (Phi) is 2.50. The molecule has 0 radical (unpaired) electrons. The molecular weight excluding hydrogens is 236 g/mol. The highest BCUT2D eigenvalue weighted by Gasteiger charge is 2.39. The average molecular weight is 251 g/mol. The number of rotatable bonds is 2. The summed E-state index contributed by atoms with van der Waals surface area (Å²) in [4.78, 5) is 0. The molecule has 3 nitrogen and oxygen atoms in total. The quantitative estimate of drug-likeness (QED) is 0.891. The Bertz CT molecular complexity index is 577. The molecule has 1 heterocycles. The Labute approximate surface area is 104 Å². The fourth-order valence-corrected chi connectivity index (χ4v) is 2.73. The van der Waals surface area contributed by atoms with Gasteiger partial charge in [-0.2, -0.15) is 5.10 Å². The number of anilines is 1. The van der Waals surface area contributed by atoms with Gasteiger partial charge in [-0.05, 0) is 24.5 Å². The molecule has 0 bridgehead atoms. The van der Waals surface area contributed by atoms with E-state index >= 15 is 0 Å². The average Bonchev–Trinajstić information content (AvgIpc) is 2.82. The molecule has 2 aromatic rings. The fourth-order valence-electron chi connectivity index (χ4n) is 2.73. The lowest BCUT2D eigenvalue weighted by Gasteiger charge is -2.11. The van der Waals surface area contributed by atoms with Gasteiger partial charge in [0.2, 0.25) is 5.92 Å². The molecule has 96 valence electrons. The third kappa shape index (κ3) is 1.94. The van der Waals surface area contributed by atoms with E-state index in [1.165, 1.54) is 0 Å². The van der Waals surface area contributed by atoms with Crippen LogP contribution in [-0.4, -0.2) is 15.7 Å². The molecule has 1 aliphatic rings. The maximum atomic E-state index is 13.2. The van der Waals surface area contributed by atoms with Crippen molar-refractivity contribution in [3.8, 4) is 0 Å². The molecule has 0 aliphatic heterocycles. The summed E-state index contributed by atoms with van der Waals surface area (Å²) < 4.78 is 28.1. The minimum atomic E-state index is -2.50. The fraction of sp³-hybridized carbons (Fsp3) is 0.462. The molecule has 18 heavy (non-hydrogen) atoms. The third-order valence-corrected chi connectivity index (χ3v) is 3.62. The number of nitrogen functional groups attached to an aromatic ring is 1. The Hall–Kier alpha value is -1.65. The molecule has 3 rings (SSSR count). The molecule has 2 N–H and O–H groups in total. The molecule has 1 fully saturated rings. The summed E-state index contributed by atoms with van der Waals surface area (Å²) in [6.45, 7) is 0.521. The molecule has 1 aromatic carbocycles. The highest BCUT2D eigenvalue weighted by Crippen LogP contribution is 2.39. The van der Waals surface area contributed by atoms with Crippen LogP contribution in [0.25, 0.3) is 10.9 Å². The van der Waals surface area contributed by atoms with Gasteiger partial charge in [0.15, 0.2) is 5.82 Å². The van der Waals surface area contributed by atoms with E-state index in [0.29, 0.717) is 18.8 Å². The third-order valence-electron chi connectivity index (χ3n) is 3.62. The zero-order chi connectivity index (χ0) is 12.8. The summed E-state index contributed by atoms with van der Waals surface area (Å²) in [6, 6.07) is 7.63. The van der Waals surface area contributed by atoms with Crippen molar-refractivity contribution in [3.05, 3.63) is 24.3 Å². The molecule has 5 heteroatoms. The summed E-state index contributed by atoms with van der Waals surface area (Å²) >= 11 is 0. The first-order valence-corrected chi connectivity index (χ1v) is 6.14. The van der Waals surface area contributed by atoms with Gasteiger partial charge in [-0.25, -0.2) is 8.78 Å². The van der Waals surface area contributed by atoms with Crippen LogP contribution in [0.15, 0.2) is 24.3 Å². The minimum absolute atomic E-state index is 0.00759. The summed E-state index contributed by atoms with van der Waals surface area (Å²) in [6.07, 6.45) is 0.508. The zero-order valence-electron chi connectivity index (χ0n) is 9.94. The lowest BCUT2D eigenvalue weighted by molar-refractivity contribution is 0.00428. The second kappa shape index (κ2) is 3.93. The Morgan fingerprint density at radius 1 is 1.39 bits per heavy atom. The topological polar surface area (TPSA) is 43.8 Å². The van der Waals surface area contributed by atoms with Crippen LogP contribution < -0.4 is 5.73 Å². The number of para-hydroxylation sites is 1. The Morgan fingerprint density at radius 3 is 2.89 bits per heavy atom. The van der Waals surface area contributed by atoms with Crippen molar-refractivity contribution in [1.29, 1.82) is 0 Å². The van der Waals surface area contributed by atoms with Crippen LogP contribution in [0.1, 0.15) is 19.3 Å². The van der Waals surface area contributed by atoms with E-state index in [-0.39, 0.29) is 18.8 Å². The van der Waals surface area contributed by atoms with Crippen LogP contribution in [0, 0.1) is 5.92 Å². The second-order valence-corrected chi connectivity index (χ2v) is 5.05. The first kappa shape index (κ1) is 11.4. The van der Waals surface area contributed by atoms with Crippen molar-refractivity contribution in [3.63, 3.8) is 0 Å². The molecule has 1 aliphatic carbocycles. The molecular formula is C13H15F2N3. The number of nitrogens with zero attached hydrogens (tertiary/aromatic N) is 2. The van der Waals surface area contributed by atoms with Crippen LogP contribution in [0.5, 0.6) is 0 Å². The maximum absolute atomic E-state index is 13.2. The van der Waals surface area contributed by atoms with Crippen molar-refractivity contribution in [2.24, 2.45) is 5.92 Å². The predicted molar refractivity (Wildman–Crippen MR) is 66.4 cm³/mol. The van der Waals surface area contributed by atoms with E-state index in [4.69, 9.17) is 5.73 Å². The van der Waals surface area contributed by atoms with E-state index in [1.807, 2.05) is 24.3 Å². The number of aromatic nitrogens is 2. The van der Waals surface area contributed by atoms with E-state index in [9.17, 15) is 8.78 Å². The van der Waals surface area contributed by atoms with Crippen molar-refractivity contribution < 1.29 is 8.78 Å². The summed E-state index contributed by atoms with van der Waals surface area (Å²) in [5.41, 5.74) is 6.75. The van der Waals surface area contributed by atoms with Gasteiger partial charge in [0.1, 0.15) is 0 Å². The SMILES string of the molecule is Nc1nn(CC2CCC(F)(F)C2)c2ccccc12. The maximum Gasteiger partial charge on any atom is 0.248 e. The number of halogens is 2. The standard InChI is InChI=1S/C13H15F2N3/c14-13(15)6-5-9(7-13)8-18-11-4-2-1-3-10(11)12(16)17-18/h1-4,9H,5-8H2,(H2,16,17). The molecule has 1 aromatic heterocycles. The number of hydrogen-bond acceptors (Lipinski definition) is 2. The van der Waals surface area contributed by atoms with Crippen LogP contribution in [0.3, 0.4) is 0 Å². The number of nitrogens with two attached hydrogens (primary N) is 1. The van der Waals surface area contributed by atoms with Crippen LogP contribution in [-0.2, 0) is 6.54 Å². The lowest BCUT2D eigenvalue weighted by atomic mass is 10.1. The number of alkyl halides is 2. The second-order valence-electron chi connectivity index (χ2n) is 5.05. The van der Waals surface area contributed by atoms with Crippen molar-refractivity contribution >= 4 is 16.7 Å². The van der Waals surface area contributed by atoms with Gasteiger partial charge in [0.25, 0.3) is 0 Å². The molecule has 0 spiro atoms. The minimum Gasteiger partial charge on any atom is -0.382 e. The molecule has 0 saturated heterocycles. The van der Waals surface area contributed by atoms with Gasteiger partial charge in [0, 0.05) is 24.8 Å². The highest BCUT2D eigenvalue weighted by molar-refractivity contribution is 5.88. The van der Waals surface area contributed by atoms with Crippen LogP contribution in [0.2, 0.25) is 0 Å². The van der Waals surface area contributed by atoms with Gasteiger partial charge in [-0.3, -0.25) is 4.68 Å². The first-order valence-electron chi connectivity index (χ1n) is 6.14. The van der Waals surface area contributed by atoms with Gasteiger partial charge in [-0.15, -0.1) is 0 Å². The van der Waals surface area contributed by atoms with Crippen LogP contribution in [0.4, 0.5) is 14.6 Å². The predicted octanol–water partition coefficient (Wildman–Crippen LogP) is 3.05.